The summed E-state index contributed by atoms with van der Waals surface area (Å²) in [7, 11) is 8.44. The van der Waals surface area contributed by atoms with Gasteiger partial charge in [0, 0.05) is 83.0 Å². The zero-order valence-corrected chi connectivity index (χ0v) is 28.0. The second-order valence-corrected chi connectivity index (χ2v) is 14.6. The fourth-order valence-corrected chi connectivity index (χ4v) is 12.4. The molecule has 11 nitrogen and oxygen atoms in total. The lowest BCUT2D eigenvalue weighted by Gasteiger charge is -2.69. The molecule has 11 heteroatoms. The molecule has 13 atom stereocenters. The van der Waals surface area contributed by atoms with E-state index in [1.165, 1.54) is 6.92 Å². The van der Waals surface area contributed by atoms with Crippen molar-refractivity contribution >= 4 is 11.9 Å². The largest absolute Gasteiger partial charge is 0.497 e. The van der Waals surface area contributed by atoms with Crippen LogP contribution in [0.3, 0.4) is 0 Å². The predicted molar refractivity (Wildman–Crippen MR) is 164 cm³/mol. The van der Waals surface area contributed by atoms with Gasteiger partial charge in [-0.2, -0.15) is 0 Å². The number of hydrogen-bond acceptors (Lipinski definition) is 11. The van der Waals surface area contributed by atoms with E-state index in [-0.39, 0.29) is 47.8 Å². The number of benzene rings is 1. The lowest BCUT2D eigenvalue weighted by Crippen LogP contribution is -2.77. The van der Waals surface area contributed by atoms with Gasteiger partial charge in [0.1, 0.15) is 23.1 Å². The number of hydrogen-bond donors (Lipinski definition) is 1. The monoisotopic (exact) mass is 643 g/mol. The molecule has 0 unspecified atom stereocenters. The molecule has 7 bridgehead atoms. The average molecular weight is 644 g/mol. The quantitative estimate of drug-likeness (QED) is 0.379. The van der Waals surface area contributed by atoms with Gasteiger partial charge >= 0.3 is 11.9 Å². The van der Waals surface area contributed by atoms with E-state index in [0.717, 1.165) is 25.9 Å². The summed E-state index contributed by atoms with van der Waals surface area (Å²) in [6.45, 7) is 5.80. The fraction of sp³-hybridized carbons (Fsp3) is 0.771. The standard InChI is InChI=1S/C35H49NO10/c1-8-36-17-32(18-40-3)14-13-23(42-5)35-22-15-33(39)24(43-6)16-34(46-19(2)37,26(29(35)36)27(44-7)28(32)35)25(22)30(33)45-31(38)20-9-11-21(41-4)12-10-20/h9-12,22-30,39H,8,13-18H2,1-7H3/t22-,23+,24+,25-,26-,27+,28-,29-,30-,32+,33+,34-,35+/m1/s1. The molecule has 0 aromatic heterocycles. The number of nitrogens with zero attached hydrogens (tertiary/aromatic N) is 1. The summed E-state index contributed by atoms with van der Waals surface area (Å²) < 4.78 is 43.6. The third-order valence-corrected chi connectivity index (χ3v) is 13.3. The number of piperidine rings is 1. The first kappa shape index (κ1) is 32.3. The van der Waals surface area contributed by atoms with Crippen molar-refractivity contribution in [2.75, 3.05) is 55.2 Å². The van der Waals surface area contributed by atoms with Gasteiger partial charge in [-0.05, 0) is 56.0 Å². The number of likely N-dealkylation sites (tertiary alicyclic amines) is 1. The van der Waals surface area contributed by atoms with Gasteiger partial charge in [-0.25, -0.2) is 4.79 Å². The molecule has 1 aromatic rings. The molecule has 1 aliphatic heterocycles. The van der Waals surface area contributed by atoms with Gasteiger partial charge in [-0.1, -0.05) is 6.92 Å². The van der Waals surface area contributed by atoms with Crippen LogP contribution in [-0.2, 0) is 33.2 Å². The highest BCUT2D eigenvalue weighted by molar-refractivity contribution is 5.89. The second-order valence-electron chi connectivity index (χ2n) is 14.6. The average Bonchev–Trinajstić information content (AvgIpc) is 3.42. The van der Waals surface area contributed by atoms with E-state index in [4.69, 9.17) is 33.2 Å². The van der Waals surface area contributed by atoms with Gasteiger partial charge < -0.3 is 38.3 Å². The zero-order chi connectivity index (χ0) is 32.8. The van der Waals surface area contributed by atoms with E-state index in [2.05, 4.69) is 11.8 Å². The molecule has 1 spiro atoms. The molecule has 5 aliphatic carbocycles. The van der Waals surface area contributed by atoms with Crippen molar-refractivity contribution in [2.24, 2.45) is 34.5 Å². The Morgan fingerprint density at radius 1 is 0.978 bits per heavy atom. The van der Waals surface area contributed by atoms with E-state index in [0.29, 0.717) is 24.3 Å². The topological polar surface area (TPSA) is 122 Å². The van der Waals surface area contributed by atoms with Gasteiger partial charge in [-0.15, -0.1) is 0 Å². The lowest BCUT2D eigenvalue weighted by atomic mass is 9.43. The maximum atomic E-state index is 13.9. The summed E-state index contributed by atoms with van der Waals surface area (Å²) in [5.74, 6) is -1.38. The van der Waals surface area contributed by atoms with Crippen LogP contribution in [0, 0.1) is 34.5 Å². The Balaban J connectivity index is 1.46. The molecular formula is C35H49NO10. The third kappa shape index (κ3) is 3.87. The first-order chi connectivity index (χ1) is 22.1. The summed E-state index contributed by atoms with van der Waals surface area (Å²) in [4.78, 5) is 29.7. The molecule has 1 saturated heterocycles. The van der Waals surface area contributed by atoms with Crippen molar-refractivity contribution in [1.82, 2.24) is 4.90 Å². The maximum Gasteiger partial charge on any atom is 0.338 e. The second kappa shape index (κ2) is 11.1. The Labute approximate surface area is 271 Å². The number of carbonyl (C=O) groups is 2. The Bertz CT molecular complexity index is 1360. The smallest absolute Gasteiger partial charge is 0.338 e. The summed E-state index contributed by atoms with van der Waals surface area (Å²) in [6, 6.07) is 6.66. The number of rotatable bonds is 10. The molecule has 6 fully saturated rings. The number of carbonyl (C=O) groups excluding carboxylic acids is 2. The molecule has 1 heterocycles. The molecular weight excluding hydrogens is 594 g/mol. The fourth-order valence-electron chi connectivity index (χ4n) is 12.4. The number of ether oxygens (including phenoxy) is 7. The predicted octanol–water partition coefficient (Wildman–Crippen LogP) is 2.72. The van der Waals surface area contributed by atoms with Crippen LogP contribution in [0.15, 0.2) is 24.3 Å². The van der Waals surface area contributed by atoms with Gasteiger partial charge in [0.05, 0.1) is 37.6 Å². The number of esters is 2. The summed E-state index contributed by atoms with van der Waals surface area (Å²) in [5, 5.41) is 12.8. The minimum atomic E-state index is -1.51. The molecule has 254 valence electrons. The summed E-state index contributed by atoms with van der Waals surface area (Å²) in [5.41, 5.74) is -3.03. The molecule has 46 heavy (non-hydrogen) atoms. The Hall–Kier alpha value is -2.28. The van der Waals surface area contributed by atoms with Gasteiger partial charge in [0.2, 0.25) is 0 Å². The van der Waals surface area contributed by atoms with E-state index in [9.17, 15) is 14.7 Å². The third-order valence-electron chi connectivity index (χ3n) is 13.3. The van der Waals surface area contributed by atoms with E-state index >= 15 is 0 Å². The first-order valence-corrected chi connectivity index (χ1v) is 16.6. The van der Waals surface area contributed by atoms with Crippen LogP contribution >= 0.6 is 0 Å². The molecule has 7 rings (SSSR count). The van der Waals surface area contributed by atoms with Crippen molar-refractivity contribution < 1.29 is 47.9 Å². The van der Waals surface area contributed by atoms with Gasteiger partial charge in [-0.3, -0.25) is 9.69 Å². The Kier molecular flexibility index (Phi) is 7.81. The zero-order valence-electron chi connectivity index (χ0n) is 28.0. The molecule has 0 radical (unpaired) electrons. The van der Waals surface area contributed by atoms with Crippen molar-refractivity contribution in [3.63, 3.8) is 0 Å². The normalized spacial score (nSPS) is 46.6. The van der Waals surface area contributed by atoms with Crippen LogP contribution in [0.25, 0.3) is 0 Å². The van der Waals surface area contributed by atoms with Crippen LogP contribution in [0.1, 0.15) is 49.9 Å². The van der Waals surface area contributed by atoms with Crippen LogP contribution in [0.5, 0.6) is 5.75 Å². The van der Waals surface area contributed by atoms with Crippen molar-refractivity contribution in [3.05, 3.63) is 29.8 Å². The van der Waals surface area contributed by atoms with Crippen molar-refractivity contribution in [3.8, 4) is 5.75 Å². The number of aliphatic hydroxyl groups is 1. The molecule has 1 N–H and O–H groups in total. The highest BCUT2D eigenvalue weighted by Gasteiger charge is 2.89. The minimum absolute atomic E-state index is 0.00534. The van der Waals surface area contributed by atoms with Crippen molar-refractivity contribution in [2.45, 2.75) is 81.2 Å². The molecule has 0 amide bonds. The maximum absolute atomic E-state index is 13.9. The van der Waals surface area contributed by atoms with Crippen LogP contribution in [0.4, 0.5) is 0 Å². The summed E-state index contributed by atoms with van der Waals surface area (Å²) in [6.07, 6.45) is 0.142. The molecule has 5 saturated carbocycles. The van der Waals surface area contributed by atoms with Gasteiger partial charge in [0.25, 0.3) is 0 Å². The lowest BCUT2D eigenvalue weighted by molar-refractivity contribution is -0.287. The molecule has 6 aliphatic rings. The SMILES string of the molecule is CCN1C[C@]2(COC)CC[C@H](OC)[C@@]34[C@@H]5C[C@]6(O)[C@@H](OC)C[C@](OC(C)=O)([C@H]([C@H](OC)[C@H]23)[C@@H]14)[C@H]5[C@H]6OC(=O)c1ccc(OC)cc1. The molecule has 1 aromatic carbocycles. The minimum Gasteiger partial charge on any atom is -0.497 e. The van der Waals surface area contributed by atoms with Crippen LogP contribution in [0.2, 0.25) is 0 Å². The number of fused-ring (bicyclic) bond motifs is 2. The highest BCUT2D eigenvalue weighted by Crippen LogP contribution is 2.80. The highest BCUT2D eigenvalue weighted by atomic mass is 16.6. The number of methoxy groups -OCH3 is 5. The Morgan fingerprint density at radius 2 is 1.70 bits per heavy atom. The Morgan fingerprint density at radius 3 is 2.28 bits per heavy atom. The van der Waals surface area contributed by atoms with Gasteiger partial charge in [0.15, 0.2) is 0 Å². The first-order valence-electron chi connectivity index (χ1n) is 16.6. The van der Waals surface area contributed by atoms with E-state index < -0.39 is 46.7 Å². The van der Waals surface area contributed by atoms with Crippen LogP contribution < -0.4 is 4.74 Å². The van der Waals surface area contributed by atoms with Crippen LogP contribution in [-0.4, -0.2) is 119 Å². The van der Waals surface area contributed by atoms with Crippen molar-refractivity contribution in [1.29, 1.82) is 0 Å². The summed E-state index contributed by atoms with van der Waals surface area (Å²) >= 11 is 0. The van der Waals surface area contributed by atoms with E-state index in [1.807, 2.05) is 0 Å². The van der Waals surface area contributed by atoms with E-state index in [1.54, 1.807) is 59.8 Å².